The van der Waals surface area contributed by atoms with Gasteiger partial charge in [-0.2, -0.15) is 0 Å². The fourth-order valence-electron chi connectivity index (χ4n) is 1.51. The molecule has 0 aliphatic heterocycles. The largest absolute Gasteiger partial charge is 0.383 e. The Balaban J connectivity index is 2.13. The van der Waals surface area contributed by atoms with Crippen LogP contribution in [-0.4, -0.2) is 23.3 Å². The molecule has 0 unspecified atom stereocenters. The van der Waals surface area contributed by atoms with Crippen LogP contribution < -0.4 is 5.32 Å². The minimum atomic E-state index is 0.670. The van der Waals surface area contributed by atoms with Crippen molar-refractivity contribution in [3.8, 4) is 0 Å². The molecule has 2 aromatic rings. The summed E-state index contributed by atoms with van der Waals surface area (Å²) in [7, 11) is 1.70. The van der Waals surface area contributed by atoms with E-state index >= 15 is 0 Å². The van der Waals surface area contributed by atoms with Gasteiger partial charge in [0.2, 0.25) is 5.95 Å². The van der Waals surface area contributed by atoms with Gasteiger partial charge in [0.15, 0.2) is 0 Å². The van der Waals surface area contributed by atoms with E-state index in [1.165, 1.54) is 0 Å². The maximum atomic E-state index is 5.07. The first-order valence-corrected chi connectivity index (χ1v) is 7.30. The average molecular weight is 422 g/mol. The van der Waals surface area contributed by atoms with E-state index in [1.807, 2.05) is 22.9 Å². The molecular weight excluding hydrogens is 409 g/mol. The topological polar surface area (TPSA) is 39.1 Å². The first-order valence-electron chi connectivity index (χ1n) is 5.43. The Bertz CT molecular complexity index is 530. The van der Waals surface area contributed by atoms with E-state index in [0.717, 1.165) is 26.2 Å². The van der Waals surface area contributed by atoms with E-state index < -0.39 is 0 Å². The standard InChI is InChI=1S/C12H13BrIN3O/c1-18-7-6-17-5-4-15-12(17)16-9-2-3-10(13)11(14)8-9/h2-5,8H,6-7H2,1H3,(H,15,16). The van der Waals surface area contributed by atoms with Gasteiger partial charge in [-0.1, -0.05) is 0 Å². The van der Waals surface area contributed by atoms with Crippen molar-refractivity contribution in [3.63, 3.8) is 0 Å². The van der Waals surface area contributed by atoms with Crippen molar-refractivity contribution >= 4 is 50.2 Å². The van der Waals surface area contributed by atoms with Gasteiger partial charge in [-0.15, -0.1) is 0 Å². The molecule has 0 atom stereocenters. The van der Waals surface area contributed by atoms with Crippen LogP contribution in [0.3, 0.4) is 0 Å². The van der Waals surface area contributed by atoms with Crippen LogP contribution in [0.4, 0.5) is 11.6 Å². The summed E-state index contributed by atoms with van der Waals surface area (Å²) in [6, 6.07) is 6.11. The van der Waals surface area contributed by atoms with Crippen molar-refractivity contribution in [1.82, 2.24) is 9.55 Å². The number of nitrogens with zero attached hydrogens (tertiary/aromatic N) is 2. The third-order valence-electron chi connectivity index (χ3n) is 2.43. The molecule has 0 aliphatic rings. The lowest BCUT2D eigenvalue weighted by Gasteiger charge is -2.10. The van der Waals surface area contributed by atoms with E-state index in [4.69, 9.17) is 4.74 Å². The third kappa shape index (κ3) is 3.46. The summed E-state index contributed by atoms with van der Waals surface area (Å²) in [5, 5.41) is 3.30. The monoisotopic (exact) mass is 421 g/mol. The molecule has 18 heavy (non-hydrogen) atoms. The summed E-state index contributed by atoms with van der Waals surface area (Å²) in [6.07, 6.45) is 3.72. The molecule has 4 nitrogen and oxygen atoms in total. The molecule has 1 heterocycles. The lowest BCUT2D eigenvalue weighted by Crippen LogP contribution is -2.07. The van der Waals surface area contributed by atoms with Gasteiger partial charge in [0, 0.05) is 39.8 Å². The molecule has 1 aromatic carbocycles. The number of hydrogen-bond acceptors (Lipinski definition) is 3. The Labute approximate surface area is 128 Å². The summed E-state index contributed by atoms with van der Waals surface area (Å²) in [5.74, 6) is 0.824. The van der Waals surface area contributed by atoms with Crippen molar-refractivity contribution in [2.24, 2.45) is 0 Å². The number of methoxy groups -OCH3 is 1. The molecule has 0 saturated heterocycles. The molecule has 0 saturated carbocycles. The van der Waals surface area contributed by atoms with Gasteiger partial charge in [-0.25, -0.2) is 4.98 Å². The number of anilines is 2. The fraction of sp³-hybridized carbons (Fsp3) is 0.250. The SMILES string of the molecule is COCCn1ccnc1Nc1ccc(Br)c(I)c1. The number of imidazole rings is 1. The molecular formula is C12H13BrIN3O. The number of benzene rings is 1. The van der Waals surface area contributed by atoms with Gasteiger partial charge in [0.05, 0.1) is 6.61 Å². The van der Waals surface area contributed by atoms with Gasteiger partial charge in [0.25, 0.3) is 0 Å². The van der Waals surface area contributed by atoms with Crippen molar-refractivity contribution in [1.29, 1.82) is 0 Å². The lowest BCUT2D eigenvalue weighted by atomic mass is 10.3. The van der Waals surface area contributed by atoms with Crippen LogP contribution in [0.25, 0.3) is 0 Å². The molecule has 0 bridgehead atoms. The first-order chi connectivity index (χ1) is 8.70. The lowest BCUT2D eigenvalue weighted by molar-refractivity contribution is 0.188. The second kappa shape index (κ2) is 6.53. The first kappa shape index (κ1) is 13.8. The highest BCUT2D eigenvalue weighted by Crippen LogP contribution is 2.24. The summed E-state index contributed by atoms with van der Waals surface area (Å²) >= 11 is 5.77. The molecule has 0 fully saturated rings. The number of hydrogen-bond donors (Lipinski definition) is 1. The predicted molar refractivity (Wildman–Crippen MR) is 84.2 cm³/mol. The van der Waals surface area contributed by atoms with Crippen molar-refractivity contribution < 1.29 is 4.74 Å². The molecule has 6 heteroatoms. The third-order valence-corrected chi connectivity index (χ3v) is 4.75. The summed E-state index contributed by atoms with van der Waals surface area (Å²) in [4.78, 5) is 4.30. The quantitative estimate of drug-likeness (QED) is 0.749. The second-order valence-corrected chi connectivity index (χ2v) is 5.71. The zero-order valence-corrected chi connectivity index (χ0v) is 13.6. The van der Waals surface area contributed by atoms with E-state index in [1.54, 1.807) is 13.3 Å². The number of nitrogens with one attached hydrogen (secondary N) is 1. The van der Waals surface area contributed by atoms with Crippen molar-refractivity contribution in [2.45, 2.75) is 6.54 Å². The van der Waals surface area contributed by atoms with Gasteiger partial charge in [-0.05, 0) is 56.7 Å². The Morgan fingerprint density at radius 3 is 3.06 bits per heavy atom. The van der Waals surface area contributed by atoms with E-state index in [9.17, 15) is 0 Å². The molecule has 96 valence electrons. The molecule has 0 radical (unpaired) electrons. The van der Waals surface area contributed by atoms with Crippen molar-refractivity contribution in [3.05, 3.63) is 38.6 Å². The van der Waals surface area contributed by atoms with Crippen LogP contribution in [0.1, 0.15) is 0 Å². The van der Waals surface area contributed by atoms with Crippen molar-refractivity contribution in [2.75, 3.05) is 19.0 Å². The van der Waals surface area contributed by atoms with Crippen LogP contribution >= 0.6 is 38.5 Å². The van der Waals surface area contributed by atoms with Gasteiger partial charge < -0.3 is 14.6 Å². The smallest absolute Gasteiger partial charge is 0.207 e. The minimum absolute atomic E-state index is 0.670. The molecule has 2 rings (SSSR count). The van der Waals surface area contributed by atoms with E-state index in [0.29, 0.717) is 6.61 Å². The second-order valence-electron chi connectivity index (χ2n) is 3.69. The fourth-order valence-corrected chi connectivity index (χ4v) is 2.27. The maximum absolute atomic E-state index is 5.07. The number of aromatic nitrogens is 2. The van der Waals surface area contributed by atoms with E-state index in [-0.39, 0.29) is 0 Å². The molecule has 0 spiro atoms. The Hall–Kier alpha value is -0.600. The summed E-state index contributed by atoms with van der Waals surface area (Å²) < 4.78 is 9.35. The molecule has 0 amide bonds. The van der Waals surface area contributed by atoms with Crippen LogP contribution in [0.2, 0.25) is 0 Å². The van der Waals surface area contributed by atoms with Crippen LogP contribution in [0, 0.1) is 3.57 Å². The predicted octanol–water partition coefficient (Wildman–Crippen LogP) is 3.64. The van der Waals surface area contributed by atoms with Gasteiger partial charge in [-0.3, -0.25) is 0 Å². The molecule has 0 aliphatic carbocycles. The van der Waals surface area contributed by atoms with Gasteiger partial charge in [0.1, 0.15) is 0 Å². The highest BCUT2D eigenvalue weighted by atomic mass is 127. The molecule has 1 aromatic heterocycles. The average Bonchev–Trinajstić information content (AvgIpc) is 2.79. The number of halogens is 2. The Kier molecular flexibility index (Phi) is 5.02. The Morgan fingerprint density at radius 1 is 1.50 bits per heavy atom. The summed E-state index contributed by atoms with van der Waals surface area (Å²) in [6.45, 7) is 1.45. The minimum Gasteiger partial charge on any atom is -0.383 e. The van der Waals surface area contributed by atoms with Crippen LogP contribution in [0.15, 0.2) is 35.1 Å². The van der Waals surface area contributed by atoms with Crippen LogP contribution in [0.5, 0.6) is 0 Å². The van der Waals surface area contributed by atoms with Crippen LogP contribution in [-0.2, 0) is 11.3 Å². The Morgan fingerprint density at radius 2 is 2.33 bits per heavy atom. The highest BCUT2D eigenvalue weighted by molar-refractivity contribution is 14.1. The van der Waals surface area contributed by atoms with E-state index in [2.05, 4.69) is 54.9 Å². The number of rotatable bonds is 5. The highest BCUT2D eigenvalue weighted by Gasteiger charge is 2.04. The summed E-state index contributed by atoms with van der Waals surface area (Å²) in [5.41, 5.74) is 1.02. The zero-order chi connectivity index (χ0) is 13.0. The molecule has 1 N–H and O–H groups in total. The maximum Gasteiger partial charge on any atom is 0.207 e. The zero-order valence-electron chi connectivity index (χ0n) is 9.86. The normalized spacial score (nSPS) is 10.6. The number of ether oxygens (including phenoxy) is 1. The van der Waals surface area contributed by atoms with Gasteiger partial charge >= 0.3 is 0 Å².